The Balaban J connectivity index is 1.98. The first-order valence-electron chi connectivity index (χ1n) is 5.54. The molecule has 0 amide bonds. The molecule has 1 aromatic heterocycles. The van der Waals surface area contributed by atoms with Crippen LogP contribution in [-0.4, -0.2) is 5.16 Å². The van der Waals surface area contributed by atoms with Crippen LogP contribution in [0.25, 0.3) is 0 Å². The van der Waals surface area contributed by atoms with Crippen LogP contribution in [0.4, 0.5) is 0 Å². The van der Waals surface area contributed by atoms with Gasteiger partial charge in [-0.15, -0.1) is 0 Å². The van der Waals surface area contributed by atoms with E-state index < -0.39 is 0 Å². The Hall–Kier alpha value is -1.61. The van der Waals surface area contributed by atoms with Crippen molar-refractivity contribution in [3.05, 3.63) is 53.4 Å². The minimum Gasteiger partial charge on any atom is -0.364 e. The summed E-state index contributed by atoms with van der Waals surface area (Å²) in [6.07, 6.45) is 4.40. The first-order chi connectivity index (χ1) is 7.78. The molecule has 3 nitrogen and oxygen atoms in total. The van der Waals surface area contributed by atoms with E-state index >= 15 is 0 Å². The third-order valence-electron chi connectivity index (χ3n) is 3.40. The van der Waals surface area contributed by atoms with Gasteiger partial charge in [-0.05, 0) is 18.4 Å². The quantitative estimate of drug-likeness (QED) is 0.790. The first-order valence-corrected chi connectivity index (χ1v) is 5.54. The molecule has 16 heavy (non-hydrogen) atoms. The zero-order chi connectivity index (χ0) is 11.0. The van der Waals surface area contributed by atoms with Crippen molar-refractivity contribution in [3.63, 3.8) is 0 Å². The van der Waals surface area contributed by atoms with Gasteiger partial charge in [0.15, 0.2) is 0 Å². The molecular formula is C13H14N2O. The molecule has 3 rings (SSSR count). The minimum absolute atomic E-state index is 0.287. The highest BCUT2D eigenvalue weighted by Crippen LogP contribution is 2.33. The van der Waals surface area contributed by atoms with Crippen LogP contribution in [0, 0.1) is 0 Å². The minimum atomic E-state index is -0.287. The zero-order valence-electron chi connectivity index (χ0n) is 9.02. The number of nitrogens with two attached hydrogens (primary N) is 1. The molecule has 0 radical (unpaired) electrons. The van der Waals surface area contributed by atoms with Crippen molar-refractivity contribution in [1.29, 1.82) is 0 Å². The summed E-state index contributed by atoms with van der Waals surface area (Å²) in [6, 6.07) is 10.2. The van der Waals surface area contributed by atoms with Crippen molar-refractivity contribution in [2.45, 2.75) is 24.8 Å². The van der Waals surface area contributed by atoms with Gasteiger partial charge >= 0.3 is 0 Å². The number of hydrogen-bond donors (Lipinski definition) is 1. The average Bonchev–Trinajstić information content (AvgIpc) is 2.77. The van der Waals surface area contributed by atoms with Gasteiger partial charge in [0.1, 0.15) is 6.26 Å². The average molecular weight is 214 g/mol. The van der Waals surface area contributed by atoms with Crippen LogP contribution in [0.1, 0.15) is 23.2 Å². The van der Waals surface area contributed by atoms with Gasteiger partial charge in [-0.2, -0.15) is 0 Å². The molecule has 0 fully saturated rings. The maximum atomic E-state index is 6.47. The fourth-order valence-corrected chi connectivity index (χ4v) is 2.39. The predicted octanol–water partition coefficient (Wildman–Crippen LogP) is 2.02. The van der Waals surface area contributed by atoms with Crippen molar-refractivity contribution in [2.75, 3.05) is 0 Å². The predicted molar refractivity (Wildman–Crippen MR) is 60.8 cm³/mol. The van der Waals surface area contributed by atoms with E-state index in [2.05, 4.69) is 17.3 Å². The van der Waals surface area contributed by atoms with Crippen molar-refractivity contribution >= 4 is 0 Å². The van der Waals surface area contributed by atoms with Crippen LogP contribution < -0.4 is 5.73 Å². The number of aryl methyl sites for hydroxylation is 1. The summed E-state index contributed by atoms with van der Waals surface area (Å²) in [6.45, 7) is 0. The van der Waals surface area contributed by atoms with E-state index in [1.807, 2.05) is 18.2 Å². The monoisotopic (exact) mass is 214 g/mol. The van der Waals surface area contributed by atoms with E-state index in [9.17, 15) is 0 Å². The molecule has 0 aliphatic heterocycles. The Morgan fingerprint density at radius 1 is 1.25 bits per heavy atom. The fraction of sp³-hybridized carbons (Fsp3) is 0.308. The number of hydrogen-bond acceptors (Lipinski definition) is 3. The lowest BCUT2D eigenvalue weighted by Crippen LogP contribution is -2.42. The van der Waals surface area contributed by atoms with Gasteiger partial charge in [0.05, 0.1) is 5.69 Å². The fourth-order valence-electron chi connectivity index (χ4n) is 2.39. The van der Waals surface area contributed by atoms with Crippen molar-refractivity contribution in [3.8, 4) is 0 Å². The smallest absolute Gasteiger partial charge is 0.127 e. The summed E-state index contributed by atoms with van der Waals surface area (Å²) in [4.78, 5) is 0. The van der Waals surface area contributed by atoms with Crippen LogP contribution >= 0.6 is 0 Å². The second-order valence-electron chi connectivity index (χ2n) is 4.49. The molecule has 3 heteroatoms. The molecule has 1 aliphatic rings. The number of rotatable bonds is 1. The Morgan fingerprint density at radius 3 is 2.88 bits per heavy atom. The van der Waals surface area contributed by atoms with Crippen LogP contribution in [0.15, 0.2) is 41.1 Å². The molecule has 0 saturated carbocycles. The number of benzene rings is 1. The SMILES string of the molecule is NC1(c2ccccc2)CCc2conc2C1. The van der Waals surface area contributed by atoms with Gasteiger partial charge in [0.25, 0.3) is 0 Å². The lowest BCUT2D eigenvalue weighted by molar-refractivity contribution is 0.366. The lowest BCUT2D eigenvalue weighted by Gasteiger charge is -2.32. The molecule has 0 spiro atoms. The van der Waals surface area contributed by atoms with E-state index in [-0.39, 0.29) is 5.54 Å². The number of fused-ring (bicyclic) bond motifs is 1. The Kier molecular flexibility index (Phi) is 2.07. The van der Waals surface area contributed by atoms with Crippen molar-refractivity contribution < 1.29 is 4.52 Å². The largest absolute Gasteiger partial charge is 0.364 e. The van der Waals surface area contributed by atoms with Crippen LogP contribution in [0.2, 0.25) is 0 Å². The van der Waals surface area contributed by atoms with Gasteiger partial charge in [-0.1, -0.05) is 35.5 Å². The summed E-state index contributed by atoms with van der Waals surface area (Å²) in [7, 11) is 0. The molecular weight excluding hydrogens is 200 g/mol. The first kappa shape index (κ1) is 9.60. The molecule has 2 N–H and O–H groups in total. The summed E-state index contributed by atoms with van der Waals surface area (Å²) in [5, 5.41) is 4.02. The van der Waals surface area contributed by atoms with E-state index in [0.29, 0.717) is 0 Å². The van der Waals surface area contributed by atoms with Gasteiger partial charge in [0.2, 0.25) is 0 Å². The van der Waals surface area contributed by atoms with Crippen LogP contribution in [0.5, 0.6) is 0 Å². The van der Waals surface area contributed by atoms with E-state index in [0.717, 1.165) is 25.0 Å². The molecule has 1 atom stereocenters. The number of aromatic nitrogens is 1. The molecule has 0 bridgehead atoms. The molecule has 1 aromatic carbocycles. The standard InChI is InChI=1S/C13H14N2O/c14-13(11-4-2-1-3-5-11)7-6-10-9-16-15-12(10)8-13/h1-5,9H,6-8,14H2. The molecule has 82 valence electrons. The lowest BCUT2D eigenvalue weighted by atomic mass is 9.77. The van der Waals surface area contributed by atoms with Gasteiger partial charge < -0.3 is 10.3 Å². The maximum absolute atomic E-state index is 6.47. The maximum Gasteiger partial charge on any atom is 0.127 e. The molecule has 0 saturated heterocycles. The van der Waals surface area contributed by atoms with Crippen molar-refractivity contribution in [2.24, 2.45) is 5.73 Å². The molecule has 2 aromatic rings. The Morgan fingerprint density at radius 2 is 2.06 bits per heavy atom. The van der Waals surface area contributed by atoms with Gasteiger partial charge in [-0.25, -0.2) is 0 Å². The topological polar surface area (TPSA) is 52.0 Å². The molecule has 1 aliphatic carbocycles. The summed E-state index contributed by atoms with van der Waals surface area (Å²) < 4.78 is 4.99. The normalized spacial score (nSPS) is 24.1. The van der Waals surface area contributed by atoms with Crippen molar-refractivity contribution in [1.82, 2.24) is 5.16 Å². The van der Waals surface area contributed by atoms with E-state index in [4.69, 9.17) is 10.3 Å². The van der Waals surface area contributed by atoms with Gasteiger partial charge in [0, 0.05) is 17.5 Å². The molecule has 1 unspecified atom stereocenters. The third kappa shape index (κ3) is 1.44. The van der Waals surface area contributed by atoms with E-state index in [1.54, 1.807) is 6.26 Å². The Bertz CT molecular complexity index is 492. The second kappa shape index (κ2) is 3.46. The molecule has 1 heterocycles. The number of nitrogens with zero attached hydrogens (tertiary/aromatic N) is 1. The summed E-state index contributed by atoms with van der Waals surface area (Å²) in [5.74, 6) is 0. The second-order valence-corrected chi connectivity index (χ2v) is 4.49. The Labute approximate surface area is 94.2 Å². The zero-order valence-corrected chi connectivity index (χ0v) is 9.02. The van der Waals surface area contributed by atoms with Gasteiger partial charge in [-0.3, -0.25) is 0 Å². The third-order valence-corrected chi connectivity index (χ3v) is 3.40. The van der Waals surface area contributed by atoms with E-state index in [1.165, 1.54) is 11.1 Å². The van der Waals surface area contributed by atoms with Crippen LogP contribution in [0.3, 0.4) is 0 Å². The highest BCUT2D eigenvalue weighted by atomic mass is 16.5. The summed E-state index contributed by atoms with van der Waals surface area (Å²) >= 11 is 0. The summed E-state index contributed by atoms with van der Waals surface area (Å²) in [5.41, 5.74) is 9.59. The highest BCUT2D eigenvalue weighted by Gasteiger charge is 2.33. The van der Waals surface area contributed by atoms with Crippen LogP contribution in [-0.2, 0) is 18.4 Å². The highest BCUT2D eigenvalue weighted by molar-refractivity contribution is 5.31.